The molecule has 2 aromatic carbocycles. The minimum atomic E-state index is -0.354. The van der Waals surface area contributed by atoms with Crippen molar-refractivity contribution in [2.45, 2.75) is 64.7 Å². The first-order valence-corrected chi connectivity index (χ1v) is 11.7. The van der Waals surface area contributed by atoms with Gasteiger partial charge in [-0.1, -0.05) is 56.9 Å². The Labute approximate surface area is 191 Å². The first kappa shape index (κ1) is 23.6. The first-order valence-electron chi connectivity index (χ1n) is 11.7. The van der Waals surface area contributed by atoms with E-state index in [-0.39, 0.29) is 11.9 Å². The van der Waals surface area contributed by atoms with Crippen LogP contribution in [0.25, 0.3) is 5.70 Å². The maximum Gasteiger partial charge on any atom is 0.332 e. The number of hydrogen-bond donors (Lipinski definition) is 2. The van der Waals surface area contributed by atoms with Crippen LogP contribution >= 0.6 is 0 Å². The summed E-state index contributed by atoms with van der Waals surface area (Å²) >= 11 is 0. The number of amides is 1. The Kier molecular flexibility index (Phi) is 8.90. The zero-order valence-corrected chi connectivity index (χ0v) is 19.2. The van der Waals surface area contributed by atoms with E-state index >= 15 is 0 Å². The lowest BCUT2D eigenvalue weighted by molar-refractivity contribution is -0.137. The number of hydrogen-bond acceptors (Lipinski definition) is 4. The Morgan fingerprint density at radius 2 is 1.56 bits per heavy atom. The molecule has 5 heteroatoms. The topological polar surface area (TPSA) is 67.4 Å². The smallest absolute Gasteiger partial charge is 0.332 e. The molecule has 2 aromatic rings. The minimum absolute atomic E-state index is 0.112. The van der Waals surface area contributed by atoms with Crippen molar-refractivity contribution in [1.29, 1.82) is 0 Å². The first-order chi connectivity index (χ1) is 15.5. The van der Waals surface area contributed by atoms with Crippen molar-refractivity contribution in [2.24, 2.45) is 0 Å². The highest BCUT2D eigenvalue weighted by molar-refractivity contribution is 5.94. The molecule has 0 bridgehead atoms. The fraction of sp³-hybridized carbons (Fsp3) is 0.407. The molecule has 0 spiro atoms. The molecule has 5 nitrogen and oxygen atoms in total. The summed E-state index contributed by atoms with van der Waals surface area (Å²) in [5, 5.41) is 6.10. The normalized spacial score (nSPS) is 14.6. The van der Waals surface area contributed by atoms with E-state index in [9.17, 15) is 9.59 Å². The lowest BCUT2D eigenvalue weighted by Gasteiger charge is -2.22. The third-order valence-electron chi connectivity index (χ3n) is 5.79. The molecule has 0 aliphatic heterocycles. The van der Waals surface area contributed by atoms with Crippen molar-refractivity contribution in [2.75, 3.05) is 17.2 Å². The number of rotatable bonds is 9. The predicted octanol–water partition coefficient (Wildman–Crippen LogP) is 6.49. The third kappa shape index (κ3) is 7.26. The highest BCUT2D eigenvalue weighted by Crippen LogP contribution is 2.33. The van der Waals surface area contributed by atoms with Gasteiger partial charge in [0.15, 0.2) is 0 Å². The molecule has 32 heavy (non-hydrogen) atoms. The van der Waals surface area contributed by atoms with Gasteiger partial charge in [0.25, 0.3) is 0 Å². The summed E-state index contributed by atoms with van der Waals surface area (Å²) < 4.78 is 5.35. The molecule has 0 atom stereocenters. The summed E-state index contributed by atoms with van der Waals surface area (Å²) in [6.45, 7) is 3.97. The Morgan fingerprint density at radius 1 is 0.938 bits per heavy atom. The number of nitrogens with one attached hydrogen (secondary N) is 2. The number of anilines is 2. The SMILES string of the molecule is CCCCOC(=O)/C=C(/Nc1ccc(NC(C)=O)cc1)c1ccc(C2CCCCC2)cc1. The minimum Gasteiger partial charge on any atom is -0.462 e. The van der Waals surface area contributed by atoms with E-state index in [1.807, 2.05) is 24.3 Å². The van der Waals surface area contributed by atoms with Gasteiger partial charge in [-0.3, -0.25) is 4.79 Å². The van der Waals surface area contributed by atoms with Gasteiger partial charge in [0.2, 0.25) is 5.91 Å². The van der Waals surface area contributed by atoms with Crippen LogP contribution in [0.2, 0.25) is 0 Å². The van der Waals surface area contributed by atoms with Crippen LogP contribution in [-0.4, -0.2) is 18.5 Å². The molecular weight excluding hydrogens is 400 g/mol. The van der Waals surface area contributed by atoms with Gasteiger partial charge in [-0.2, -0.15) is 0 Å². The zero-order chi connectivity index (χ0) is 22.8. The van der Waals surface area contributed by atoms with E-state index in [0.717, 1.165) is 29.8 Å². The van der Waals surface area contributed by atoms with Crippen LogP contribution < -0.4 is 10.6 Å². The van der Waals surface area contributed by atoms with E-state index in [2.05, 4.69) is 41.8 Å². The summed E-state index contributed by atoms with van der Waals surface area (Å²) in [4.78, 5) is 23.6. The molecule has 0 aromatic heterocycles. The maximum atomic E-state index is 12.4. The maximum absolute atomic E-state index is 12.4. The van der Waals surface area contributed by atoms with Crippen LogP contribution in [0.3, 0.4) is 0 Å². The standard InChI is InChI=1S/C27H34N2O3/c1-3-4-18-32-27(31)19-26(29-25-16-14-24(15-17-25)28-20(2)30)23-12-10-22(11-13-23)21-8-6-5-7-9-21/h10-17,19,21,29H,3-9,18H2,1-2H3,(H,28,30)/b26-19+. The Bertz CT molecular complexity index is 911. The molecule has 1 aliphatic rings. The molecule has 2 N–H and O–H groups in total. The second kappa shape index (κ2) is 12.1. The Balaban J connectivity index is 1.78. The quantitative estimate of drug-likeness (QED) is 0.269. The number of benzene rings is 2. The van der Waals surface area contributed by atoms with Crippen LogP contribution in [0.5, 0.6) is 0 Å². The van der Waals surface area contributed by atoms with Crippen molar-refractivity contribution in [3.05, 3.63) is 65.7 Å². The molecule has 170 valence electrons. The molecule has 1 amide bonds. The van der Waals surface area contributed by atoms with Gasteiger partial charge in [-0.05, 0) is 60.6 Å². The average molecular weight is 435 g/mol. The molecule has 0 unspecified atom stereocenters. The highest BCUT2D eigenvalue weighted by Gasteiger charge is 2.16. The molecule has 1 saturated carbocycles. The van der Waals surface area contributed by atoms with E-state index in [4.69, 9.17) is 4.74 Å². The lowest BCUT2D eigenvalue weighted by Crippen LogP contribution is -2.08. The van der Waals surface area contributed by atoms with Gasteiger partial charge in [0.05, 0.1) is 12.3 Å². The summed E-state index contributed by atoms with van der Waals surface area (Å²) in [6.07, 6.45) is 9.80. The van der Waals surface area contributed by atoms with Crippen molar-refractivity contribution in [1.82, 2.24) is 0 Å². The molecular formula is C27H34N2O3. The van der Waals surface area contributed by atoms with Crippen LogP contribution in [0.1, 0.15) is 75.8 Å². The largest absolute Gasteiger partial charge is 0.462 e. The zero-order valence-electron chi connectivity index (χ0n) is 19.2. The predicted molar refractivity (Wildman–Crippen MR) is 130 cm³/mol. The van der Waals surface area contributed by atoms with Crippen molar-refractivity contribution >= 4 is 28.9 Å². The van der Waals surface area contributed by atoms with Crippen LogP contribution in [0.15, 0.2) is 54.6 Å². The van der Waals surface area contributed by atoms with E-state index < -0.39 is 0 Å². The summed E-state index contributed by atoms with van der Waals surface area (Å²) in [5.74, 6) is 0.171. The lowest BCUT2D eigenvalue weighted by atomic mass is 9.84. The molecule has 0 heterocycles. The second-order valence-electron chi connectivity index (χ2n) is 8.42. The van der Waals surface area contributed by atoms with Gasteiger partial charge in [-0.15, -0.1) is 0 Å². The average Bonchev–Trinajstić information content (AvgIpc) is 2.80. The van der Waals surface area contributed by atoms with Crippen LogP contribution in [0, 0.1) is 0 Å². The van der Waals surface area contributed by atoms with Crippen LogP contribution in [0.4, 0.5) is 11.4 Å². The summed E-state index contributed by atoms with van der Waals surface area (Å²) in [5.41, 5.74) is 4.54. The Hall–Kier alpha value is -3.08. The fourth-order valence-corrected chi connectivity index (χ4v) is 4.03. The van der Waals surface area contributed by atoms with Crippen molar-refractivity contribution in [3.63, 3.8) is 0 Å². The van der Waals surface area contributed by atoms with Gasteiger partial charge in [-0.25, -0.2) is 4.79 Å². The van der Waals surface area contributed by atoms with E-state index in [1.165, 1.54) is 50.7 Å². The second-order valence-corrected chi connectivity index (χ2v) is 8.42. The number of esters is 1. The van der Waals surface area contributed by atoms with Gasteiger partial charge in [0.1, 0.15) is 0 Å². The van der Waals surface area contributed by atoms with E-state index in [1.54, 1.807) is 0 Å². The number of carbonyl (C=O) groups excluding carboxylic acids is 2. The van der Waals surface area contributed by atoms with Crippen molar-refractivity contribution < 1.29 is 14.3 Å². The molecule has 0 radical (unpaired) electrons. The fourth-order valence-electron chi connectivity index (χ4n) is 4.03. The van der Waals surface area contributed by atoms with Gasteiger partial charge >= 0.3 is 5.97 Å². The summed E-state index contributed by atoms with van der Waals surface area (Å²) in [7, 11) is 0. The highest BCUT2D eigenvalue weighted by atomic mass is 16.5. The third-order valence-corrected chi connectivity index (χ3v) is 5.79. The number of ether oxygens (including phenoxy) is 1. The molecule has 1 aliphatic carbocycles. The van der Waals surface area contributed by atoms with E-state index in [0.29, 0.717) is 18.2 Å². The molecule has 3 rings (SSSR count). The molecule has 1 fully saturated rings. The number of unbranched alkanes of at least 4 members (excludes halogenated alkanes) is 1. The summed E-state index contributed by atoms with van der Waals surface area (Å²) in [6, 6.07) is 15.9. The molecule has 0 saturated heterocycles. The Morgan fingerprint density at radius 3 is 2.16 bits per heavy atom. The van der Waals surface area contributed by atoms with Gasteiger partial charge < -0.3 is 15.4 Å². The van der Waals surface area contributed by atoms with Crippen LogP contribution in [-0.2, 0) is 14.3 Å². The van der Waals surface area contributed by atoms with Gasteiger partial charge in [0, 0.05) is 24.4 Å². The number of carbonyl (C=O) groups is 2. The monoisotopic (exact) mass is 434 g/mol. The van der Waals surface area contributed by atoms with Crippen molar-refractivity contribution in [3.8, 4) is 0 Å².